The first-order chi connectivity index (χ1) is 11.0. The molecule has 1 saturated heterocycles. The number of carbonyl (C=O) groups is 2. The van der Waals surface area contributed by atoms with Crippen molar-refractivity contribution in [2.75, 3.05) is 13.1 Å². The number of hydrogen-bond donors (Lipinski definition) is 1. The first-order valence-corrected chi connectivity index (χ1v) is 7.65. The Hall–Kier alpha value is -2.05. The maximum atomic E-state index is 13.1. The number of amides is 1. The van der Waals surface area contributed by atoms with E-state index in [1.54, 1.807) is 13.8 Å². The van der Waals surface area contributed by atoms with Crippen LogP contribution in [0.25, 0.3) is 0 Å². The van der Waals surface area contributed by atoms with Crippen molar-refractivity contribution in [3.8, 4) is 0 Å². The summed E-state index contributed by atoms with van der Waals surface area (Å²) in [7, 11) is 0. The molecule has 1 N–H and O–H groups in total. The molecule has 1 aliphatic rings. The molecule has 2 atom stereocenters. The predicted octanol–water partition coefficient (Wildman–Crippen LogP) is 2.98. The number of carboxylic acid groups (broad SMARTS) is 1. The highest BCUT2D eigenvalue weighted by Crippen LogP contribution is 2.39. The Labute approximate surface area is 138 Å². The van der Waals surface area contributed by atoms with Crippen molar-refractivity contribution in [3.05, 3.63) is 35.9 Å². The Morgan fingerprint density at radius 2 is 1.75 bits per heavy atom. The molecule has 7 heteroatoms. The second kappa shape index (κ2) is 6.45. The first-order valence-electron chi connectivity index (χ1n) is 7.65. The van der Waals surface area contributed by atoms with Gasteiger partial charge < -0.3 is 10.0 Å². The Kier molecular flexibility index (Phi) is 4.92. The van der Waals surface area contributed by atoms with Gasteiger partial charge in [0.15, 0.2) is 0 Å². The van der Waals surface area contributed by atoms with E-state index in [1.807, 2.05) is 30.3 Å². The van der Waals surface area contributed by atoms with E-state index in [0.717, 1.165) is 10.5 Å². The fourth-order valence-corrected chi connectivity index (χ4v) is 3.16. The average molecular weight is 343 g/mol. The van der Waals surface area contributed by atoms with Crippen LogP contribution in [0.4, 0.5) is 13.2 Å². The van der Waals surface area contributed by atoms with E-state index in [1.165, 1.54) is 0 Å². The summed E-state index contributed by atoms with van der Waals surface area (Å²) in [5.74, 6) is -5.61. The van der Waals surface area contributed by atoms with Crippen LogP contribution in [0, 0.1) is 17.3 Å². The number of carbonyl (C=O) groups excluding carboxylic acids is 1. The summed E-state index contributed by atoms with van der Waals surface area (Å²) in [5.41, 5.74) is -0.0116. The quantitative estimate of drug-likeness (QED) is 0.914. The van der Waals surface area contributed by atoms with Crippen molar-refractivity contribution >= 4 is 11.9 Å². The van der Waals surface area contributed by atoms with E-state index in [4.69, 9.17) is 5.11 Å². The minimum Gasteiger partial charge on any atom is -0.481 e. The summed E-state index contributed by atoms with van der Waals surface area (Å²) in [4.78, 5) is 24.8. The van der Waals surface area contributed by atoms with Crippen LogP contribution < -0.4 is 0 Å². The molecular formula is C17H20F3NO3. The highest BCUT2D eigenvalue weighted by molar-refractivity contribution is 5.84. The van der Waals surface area contributed by atoms with Crippen molar-refractivity contribution in [1.29, 1.82) is 0 Å². The summed E-state index contributed by atoms with van der Waals surface area (Å²) in [6, 6.07) is 9.18. The molecule has 1 aromatic rings. The van der Waals surface area contributed by atoms with Gasteiger partial charge in [-0.1, -0.05) is 44.2 Å². The highest BCUT2D eigenvalue weighted by atomic mass is 19.4. The summed E-state index contributed by atoms with van der Waals surface area (Å²) in [6.07, 6.45) is -4.26. The summed E-state index contributed by atoms with van der Waals surface area (Å²) in [6.45, 7) is 2.33. The molecule has 1 aliphatic heterocycles. The second-order valence-electron chi connectivity index (χ2n) is 6.85. The number of benzene rings is 1. The van der Waals surface area contributed by atoms with Crippen molar-refractivity contribution in [1.82, 2.24) is 4.90 Å². The molecule has 1 fully saturated rings. The fraction of sp³-hybridized carbons (Fsp3) is 0.529. The van der Waals surface area contributed by atoms with Crippen LogP contribution in [0.1, 0.15) is 19.4 Å². The van der Waals surface area contributed by atoms with Gasteiger partial charge in [0, 0.05) is 18.5 Å². The van der Waals surface area contributed by atoms with Gasteiger partial charge in [-0.2, -0.15) is 13.2 Å². The molecule has 0 radical (unpaired) electrons. The fourth-order valence-electron chi connectivity index (χ4n) is 3.16. The zero-order chi connectivity index (χ0) is 18.1. The molecule has 0 bridgehead atoms. The van der Waals surface area contributed by atoms with Crippen LogP contribution in [0.3, 0.4) is 0 Å². The van der Waals surface area contributed by atoms with Gasteiger partial charge in [-0.05, 0) is 12.0 Å². The van der Waals surface area contributed by atoms with E-state index >= 15 is 0 Å². The molecule has 24 heavy (non-hydrogen) atoms. The van der Waals surface area contributed by atoms with Crippen molar-refractivity contribution in [2.24, 2.45) is 17.3 Å². The molecule has 1 amide bonds. The summed E-state index contributed by atoms with van der Waals surface area (Å²) < 4.78 is 39.2. The third-order valence-corrected chi connectivity index (χ3v) is 4.41. The monoisotopic (exact) mass is 343 g/mol. The first kappa shape index (κ1) is 18.3. The lowest BCUT2D eigenvalue weighted by Crippen LogP contribution is -2.41. The summed E-state index contributed by atoms with van der Waals surface area (Å²) in [5, 5.41) is 9.05. The molecule has 1 aromatic carbocycles. The molecule has 0 spiro atoms. The number of nitrogens with zero attached hydrogens (tertiary/aromatic N) is 1. The topological polar surface area (TPSA) is 57.6 Å². The van der Waals surface area contributed by atoms with Gasteiger partial charge in [0.25, 0.3) is 0 Å². The predicted molar refractivity (Wildman–Crippen MR) is 81.2 cm³/mol. The molecule has 0 saturated carbocycles. The Balaban J connectivity index is 2.16. The maximum absolute atomic E-state index is 13.1. The zero-order valence-corrected chi connectivity index (χ0v) is 13.5. The highest BCUT2D eigenvalue weighted by Gasteiger charge is 2.54. The van der Waals surface area contributed by atoms with Crippen molar-refractivity contribution in [3.63, 3.8) is 0 Å². The van der Waals surface area contributed by atoms with Crippen LogP contribution in [-0.4, -0.2) is 41.1 Å². The van der Waals surface area contributed by atoms with Gasteiger partial charge in [0.05, 0.1) is 11.8 Å². The molecule has 132 valence electrons. The largest absolute Gasteiger partial charge is 0.481 e. The maximum Gasteiger partial charge on any atom is 0.394 e. The van der Waals surface area contributed by atoms with E-state index in [0.29, 0.717) is 6.42 Å². The Bertz CT molecular complexity index is 613. The smallest absolute Gasteiger partial charge is 0.394 e. The van der Waals surface area contributed by atoms with E-state index < -0.39 is 48.4 Å². The van der Waals surface area contributed by atoms with Gasteiger partial charge in [0.2, 0.25) is 5.91 Å². The summed E-state index contributed by atoms with van der Waals surface area (Å²) >= 11 is 0. The van der Waals surface area contributed by atoms with Gasteiger partial charge in [-0.3, -0.25) is 9.59 Å². The van der Waals surface area contributed by atoms with Crippen LogP contribution >= 0.6 is 0 Å². The minimum atomic E-state index is -4.64. The number of likely N-dealkylation sites (tertiary alicyclic amines) is 1. The third-order valence-electron chi connectivity index (χ3n) is 4.41. The number of aliphatic carboxylic acids is 1. The lowest BCUT2D eigenvalue weighted by atomic mass is 9.84. The zero-order valence-electron chi connectivity index (χ0n) is 13.5. The second-order valence-corrected chi connectivity index (χ2v) is 6.85. The van der Waals surface area contributed by atoms with Crippen LogP contribution in [0.5, 0.6) is 0 Å². The third kappa shape index (κ3) is 3.88. The van der Waals surface area contributed by atoms with Crippen LogP contribution in [0.2, 0.25) is 0 Å². The average Bonchev–Trinajstić information content (AvgIpc) is 2.92. The van der Waals surface area contributed by atoms with Gasteiger partial charge in [0.1, 0.15) is 0 Å². The lowest BCUT2D eigenvalue weighted by Gasteiger charge is -2.29. The molecule has 1 heterocycles. The van der Waals surface area contributed by atoms with E-state index in [2.05, 4.69) is 0 Å². The molecule has 0 aliphatic carbocycles. The molecule has 4 nitrogen and oxygen atoms in total. The Morgan fingerprint density at radius 1 is 1.17 bits per heavy atom. The van der Waals surface area contributed by atoms with Gasteiger partial charge in [-0.15, -0.1) is 0 Å². The van der Waals surface area contributed by atoms with Crippen LogP contribution in [-0.2, 0) is 16.0 Å². The molecule has 0 unspecified atom stereocenters. The number of hydrogen-bond acceptors (Lipinski definition) is 2. The normalized spacial score (nSPS) is 21.8. The Morgan fingerprint density at radius 3 is 2.21 bits per heavy atom. The van der Waals surface area contributed by atoms with Gasteiger partial charge >= 0.3 is 12.1 Å². The standard InChI is InChI=1S/C17H20F3NO3/c1-16(2,8-11-6-4-3-5-7-11)15(24)21-9-12(14(22)23)13(10-21)17(18,19)20/h3-7,12-13H,8-10H2,1-2H3,(H,22,23)/t12-,13-/m1/s1. The minimum absolute atomic E-state index is 0.373. The number of alkyl halides is 3. The van der Waals surface area contributed by atoms with Gasteiger partial charge in [-0.25, -0.2) is 0 Å². The number of carboxylic acids is 1. The van der Waals surface area contributed by atoms with E-state index in [9.17, 15) is 22.8 Å². The lowest BCUT2D eigenvalue weighted by molar-refractivity contribution is -0.188. The SMILES string of the molecule is CC(C)(Cc1ccccc1)C(=O)N1C[C@@H](C(F)(F)F)[C@H](C(=O)O)C1. The van der Waals surface area contributed by atoms with E-state index in [-0.39, 0.29) is 0 Å². The number of rotatable bonds is 4. The molecular weight excluding hydrogens is 323 g/mol. The number of halogens is 3. The van der Waals surface area contributed by atoms with Crippen molar-refractivity contribution < 1.29 is 27.9 Å². The van der Waals surface area contributed by atoms with Crippen LogP contribution in [0.15, 0.2) is 30.3 Å². The molecule has 0 aromatic heterocycles. The van der Waals surface area contributed by atoms with Crippen molar-refractivity contribution in [2.45, 2.75) is 26.4 Å². The molecule has 2 rings (SSSR count).